The van der Waals surface area contributed by atoms with Crippen LogP contribution >= 0.6 is 0 Å². The fourth-order valence-corrected chi connectivity index (χ4v) is 1.99. The van der Waals surface area contributed by atoms with E-state index in [0.29, 0.717) is 12.0 Å². The van der Waals surface area contributed by atoms with Crippen molar-refractivity contribution in [2.45, 2.75) is 39.4 Å². The quantitative estimate of drug-likeness (QED) is 0.885. The summed E-state index contributed by atoms with van der Waals surface area (Å²) < 4.78 is 18.8. The van der Waals surface area contributed by atoms with Crippen LogP contribution in [0.5, 0.6) is 5.75 Å². The highest BCUT2D eigenvalue weighted by atomic mass is 19.1. The molecule has 1 aromatic rings. The second kappa shape index (κ2) is 5.40. The number of ether oxygens (including phenoxy) is 1. The third-order valence-electron chi connectivity index (χ3n) is 3.48. The van der Waals surface area contributed by atoms with Gasteiger partial charge in [0.2, 0.25) is 0 Å². The van der Waals surface area contributed by atoms with Crippen molar-refractivity contribution in [3.63, 3.8) is 0 Å². The number of nitrogens with one attached hydrogen (secondary N) is 1. The first-order chi connectivity index (χ1) is 9.29. The van der Waals surface area contributed by atoms with E-state index in [1.165, 1.54) is 6.07 Å². The number of benzene rings is 1. The number of hydrogen-bond donors (Lipinski definition) is 2. The minimum atomic E-state index is -0.728. The molecular weight excluding hydrogens is 261 g/mol. The molecule has 0 aliphatic carbocycles. The van der Waals surface area contributed by atoms with Crippen LogP contribution in [-0.2, 0) is 11.2 Å². The van der Waals surface area contributed by atoms with E-state index in [9.17, 15) is 14.3 Å². The highest BCUT2D eigenvalue weighted by Gasteiger charge is 2.32. The molecule has 2 rings (SSSR count). The predicted octanol–water partition coefficient (Wildman–Crippen LogP) is 1.65. The van der Waals surface area contributed by atoms with Gasteiger partial charge in [-0.3, -0.25) is 4.79 Å². The average Bonchev–Trinajstić information content (AvgIpc) is 2.79. The van der Waals surface area contributed by atoms with Gasteiger partial charge in [0, 0.05) is 18.5 Å². The first kappa shape index (κ1) is 14.8. The molecule has 2 atom stereocenters. The number of halogens is 1. The molecule has 0 fully saturated rings. The monoisotopic (exact) mass is 281 g/mol. The Labute approximate surface area is 117 Å². The van der Waals surface area contributed by atoms with Gasteiger partial charge >= 0.3 is 0 Å². The summed E-state index contributed by atoms with van der Waals surface area (Å²) >= 11 is 0. The summed E-state index contributed by atoms with van der Waals surface area (Å²) in [6.07, 6.45) is -1.02. The lowest BCUT2D eigenvalue weighted by molar-refractivity contribution is -0.128. The molecule has 0 spiro atoms. The molecule has 1 aliphatic heterocycles. The minimum absolute atomic E-state index is 0.154. The van der Waals surface area contributed by atoms with E-state index in [2.05, 4.69) is 5.32 Å². The molecule has 0 saturated heterocycles. The lowest BCUT2D eigenvalue weighted by Crippen LogP contribution is -2.44. The van der Waals surface area contributed by atoms with Crippen LogP contribution in [0.3, 0.4) is 0 Å². The Morgan fingerprint density at radius 1 is 1.55 bits per heavy atom. The summed E-state index contributed by atoms with van der Waals surface area (Å²) in [7, 11) is 0. The number of carbonyl (C=O) groups excluding carboxylic acids is 1. The van der Waals surface area contributed by atoms with E-state index in [-0.39, 0.29) is 23.6 Å². The van der Waals surface area contributed by atoms with Crippen LogP contribution < -0.4 is 10.1 Å². The molecule has 1 heterocycles. The van der Waals surface area contributed by atoms with Gasteiger partial charge in [0.1, 0.15) is 0 Å². The third kappa shape index (κ3) is 3.10. The van der Waals surface area contributed by atoms with Gasteiger partial charge in [-0.15, -0.1) is 0 Å². The Kier molecular flexibility index (Phi) is 3.99. The van der Waals surface area contributed by atoms with E-state index < -0.39 is 18.0 Å². The van der Waals surface area contributed by atoms with Crippen LogP contribution in [0.4, 0.5) is 4.39 Å². The maximum absolute atomic E-state index is 13.5. The molecule has 5 heteroatoms. The number of hydrogen-bond acceptors (Lipinski definition) is 3. The van der Waals surface area contributed by atoms with E-state index in [4.69, 9.17) is 4.74 Å². The molecule has 2 N–H and O–H groups in total. The maximum atomic E-state index is 13.5. The van der Waals surface area contributed by atoms with E-state index in [0.717, 1.165) is 0 Å². The summed E-state index contributed by atoms with van der Waals surface area (Å²) in [5.74, 6) is -0.625. The second-order valence-electron chi connectivity index (χ2n) is 6.17. The fourth-order valence-electron chi connectivity index (χ4n) is 1.99. The lowest BCUT2D eigenvalue weighted by Gasteiger charge is -2.26. The highest BCUT2D eigenvalue weighted by Crippen LogP contribution is 2.31. The number of aliphatic hydroxyl groups is 1. The zero-order valence-electron chi connectivity index (χ0n) is 11.9. The standard InChI is InChI=1S/C15H20FNO3/c1-15(2,3)12(18)8-17-14(19)11-7-9-5-4-6-10(16)13(9)20-11/h4-6,11-12,18H,7-8H2,1-3H3,(H,17,19). The second-order valence-corrected chi connectivity index (χ2v) is 6.17. The van der Waals surface area contributed by atoms with Crippen molar-refractivity contribution in [2.24, 2.45) is 5.41 Å². The van der Waals surface area contributed by atoms with Crippen LogP contribution in [0.1, 0.15) is 26.3 Å². The first-order valence-electron chi connectivity index (χ1n) is 6.69. The van der Waals surface area contributed by atoms with E-state index in [1.54, 1.807) is 12.1 Å². The van der Waals surface area contributed by atoms with Crippen LogP contribution in [0, 0.1) is 11.2 Å². The average molecular weight is 281 g/mol. The van der Waals surface area contributed by atoms with Gasteiger partial charge in [-0.25, -0.2) is 4.39 Å². The Hall–Kier alpha value is -1.62. The summed E-state index contributed by atoms with van der Waals surface area (Å²) in [5, 5.41) is 12.5. The molecule has 1 aliphatic rings. The van der Waals surface area contributed by atoms with E-state index in [1.807, 2.05) is 20.8 Å². The molecule has 2 unspecified atom stereocenters. The Morgan fingerprint density at radius 2 is 2.25 bits per heavy atom. The summed E-state index contributed by atoms with van der Waals surface area (Å²) in [6.45, 7) is 5.82. The summed E-state index contributed by atoms with van der Waals surface area (Å²) in [4.78, 5) is 12.0. The molecule has 1 aromatic carbocycles. The van der Waals surface area contributed by atoms with Crippen molar-refractivity contribution in [2.75, 3.05) is 6.54 Å². The van der Waals surface area contributed by atoms with Gasteiger partial charge in [-0.1, -0.05) is 32.9 Å². The minimum Gasteiger partial charge on any atom is -0.477 e. The summed E-state index contributed by atoms with van der Waals surface area (Å²) in [6, 6.07) is 4.65. The SMILES string of the molecule is CC(C)(C)C(O)CNC(=O)C1Cc2cccc(F)c2O1. The Balaban J connectivity index is 1.92. The van der Waals surface area contributed by atoms with Gasteiger partial charge in [0.15, 0.2) is 17.7 Å². The fraction of sp³-hybridized carbons (Fsp3) is 0.533. The number of amides is 1. The smallest absolute Gasteiger partial charge is 0.261 e. The van der Waals surface area contributed by atoms with E-state index >= 15 is 0 Å². The third-order valence-corrected chi connectivity index (χ3v) is 3.48. The first-order valence-corrected chi connectivity index (χ1v) is 6.69. The van der Waals surface area contributed by atoms with Crippen molar-refractivity contribution in [1.29, 1.82) is 0 Å². The highest BCUT2D eigenvalue weighted by molar-refractivity contribution is 5.82. The van der Waals surface area contributed by atoms with Crippen LogP contribution in [0.25, 0.3) is 0 Å². The van der Waals surface area contributed by atoms with Crippen molar-refractivity contribution in [3.05, 3.63) is 29.6 Å². The van der Waals surface area contributed by atoms with Crippen LogP contribution in [-0.4, -0.2) is 29.8 Å². The van der Waals surface area contributed by atoms with Crippen LogP contribution in [0.15, 0.2) is 18.2 Å². The maximum Gasteiger partial charge on any atom is 0.261 e. The molecule has 20 heavy (non-hydrogen) atoms. The molecule has 0 bridgehead atoms. The molecular formula is C15H20FNO3. The zero-order chi connectivity index (χ0) is 14.9. The van der Waals surface area contributed by atoms with Gasteiger partial charge in [-0.05, 0) is 11.5 Å². The normalized spacial score (nSPS) is 19.1. The van der Waals surface area contributed by atoms with Gasteiger partial charge in [-0.2, -0.15) is 0 Å². The predicted molar refractivity (Wildman–Crippen MR) is 73.0 cm³/mol. The van der Waals surface area contributed by atoms with Crippen LogP contribution in [0.2, 0.25) is 0 Å². The number of fused-ring (bicyclic) bond motifs is 1. The number of carbonyl (C=O) groups is 1. The number of rotatable bonds is 3. The summed E-state index contributed by atoms with van der Waals surface area (Å²) in [5.41, 5.74) is 0.389. The molecule has 0 saturated carbocycles. The number of aliphatic hydroxyl groups excluding tert-OH is 1. The molecule has 0 radical (unpaired) electrons. The topological polar surface area (TPSA) is 58.6 Å². The zero-order valence-corrected chi connectivity index (χ0v) is 11.9. The largest absolute Gasteiger partial charge is 0.477 e. The van der Waals surface area contributed by atoms with Gasteiger partial charge < -0.3 is 15.2 Å². The van der Waals surface area contributed by atoms with Crippen molar-refractivity contribution >= 4 is 5.91 Å². The molecule has 110 valence electrons. The number of para-hydroxylation sites is 1. The van der Waals surface area contributed by atoms with Gasteiger partial charge in [0.05, 0.1) is 6.10 Å². The molecule has 0 aromatic heterocycles. The van der Waals surface area contributed by atoms with Crippen molar-refractivity contribution in [3.8, 4) is 5.75 Å². The Morgan fingerprint density at radius 3 is 2.85 bits per heavy atom. The molecule has 1 amide bonds. The Bertz CT molecular complexity index is 510. The lowest BCUT2D eigenvalue weighted by atomic mass is 9.89. The van der Waals surface area contributed by atoms with Crippen molar-refractivity contribution in [1.82, 2.24) is 5.32 Å². The molecule has 4 nitrogen and oxygen atoms in total. The van der Waals surface area contributed by atoms with Crippen molar-refractivity contribution < 1.29 is 19.0 Å². The van der Waals surface area contributed by atoms with Gasteiger partial charge in [0.25, 0.3) is 5.91 Å².